The summed E-state index contributed by atoms with van der Waals surface area (Å²) in [6.07, 6.45) is 1.48. The minimum atomic E-state index is -0.365. The van der Waals surface area contributed by atoms with E-state index in [1.165, 1.54) is 6.21 Å². The van der Waals surface area contributed by atoms with Crippen LogP contribution >= 0.6 is 11.6 Å². The average Bonchev–Trinajstić information content (AvgIpc) is 2.93. The molecular weight excluding hydrogens is 484 g/mol. The highest BCUT2D eigenvalue weighted by atomic mass is 35.5. The number of rotatable bonds is 6. The molecule has 0 aliphatic rings. The summed E-state index contributed by atoms with van der Waals surface area (Å²) < 4.78 is 5.29. The van der Waals surface area contributed by atoms with Crippen LogP contribution in [-0.2, 0) is 0 Å². The molecule has 5 rings (SSSR count). The third-order valence-corrected chi connectivity index (χ3v) is 6.18. The molecule has 1 amide bonds. The van der Waals surface area contributed by atoms with Gasteiger partial charge in [-0.05, 0) is 43.3 Å². The van der Waals surface area contributed by atoms with Crippen LogP contribution in [0.2, 0.25) is 5.15 Å². The summed E-state index contributed by atoms with van der Waals surface area (Å²) in [5, 5.41) is 5.28. The van der Waals surface area contributed by atoms with Gasteiger partial charge in [0.05, 0.1) is 30.2 Å². The topological polar surface area (TPSA) is 76.5 Å². The molecule has 7 heteroatoms. The molecule has 0 saturated heterocycles. The van der Waals surface area contributed by atoms with Gasteiger partial charge in [0, 0.05) is 27.6 Å². The normalized spacial score (nSPS) is 11.1. The van der Waals surface area contributed by atoms with Gasteiger partial charge >= 0.3 is 0 Å². The fourth-order valence-corrected chi connectivity index (χ4v) is 4.07. The molecule has 0 unspecified atom stereocenters. The quantitative estimate of drug-likeness (QED) is 0.158. The van der Waals surface area contributed by atoms with Crippen LogP contribution in [0.15, 0.2) is 96.1 Å². The van der Waals surface area contributed by atoms with E-state index in [4.69, 9.17) is 21.3 Å². The highest BCUT2D eigenvalue weighted by Crippen LogP contribution is 2.26. The number of nitrogens with one attached hydrogen (secondary N) is 1. The third-order valence-electron chi connectivity index (χ3n) is 5.88. The van der Waals surface area contributed by atoms with Crippen LogP contribution in [0.3, 0.4) is 0 Å². The molecule has 2 heterocycles. The van der Waals surface area contributed by atoms with Gasteiger partial charge in [-0.2, -0.15) is 5.10 Å². The van der Waals surface area contributed by atoms with Crippen LogP contribution < -0.4 is 10.2 Å². The number of hydrazone groups is 1. The zero-order valence-corrected chi connectivity index (χ0v) is 21.0. The van der Waals surface area contributed by atoms with E-state index in [0.29, 0.717) is 28.3 Å². The van der Waals surface area contributed by atoms with Crippen molar-refractivity contribution < 1.29 is 9.53 Å². The van der Waals surface area contributed by atoms with Crippen molar-refractivity contribution in [1.29, 1.82) is 0 Å². The number of fused-ring (bicyclic) bond motifs is 1. The highest BCUT2D eigenvalue weighted by molar-refractivity contribution is 6.32. The van der Waals surface area contributed by atoms with Crippen molar-refractivity contribution in [3.63, 3.8) is 0 Å². The maximum absolute atomic E-state index is 13.1. The Morgan fingerprint density at radius 2 is 1.59 bits per heavy atom. The first kappa shape index (κ1) is 24.2. The molecule has 0 aliphatic heterocycles. The van der Waals surface area contributed by atoms with Gasteiger partial charge in [0.1, 0.15) is 10.9 Å². The molecule has 0 bridgehead atoms. The van der Waals surface area contributed by atoms with Crippen LogP contribution in [0, 0.1) is 6.92 Å². The lowest BCUT2D eigenvalue weighted by Crippen LogP contribution is -2.18. The Kier molecular flexibility index (Phi) is 6.92. The molecule has 3 aromatic carbocycles. The molecule has 0 saturated carbocycles. The molecule has 0 fully saturated rings. The van der Waals surface area contributed by atoms with Crippen molar-refractivity contribution in [3.8, 4) is 28.3 Å². The maximum atomic E-state index is 13.1. The second-order valence-corrected chi connectivity index (χ2v) is 8.84. The number of hydrogen-bond acceptors (Lipinski definition) is 5. The van der Waals surface area contributed by atoms with Crippen LogP contribution in [0.1, 0.15) is 21.5 Å². The minimum absolute atomic E-state index is 0.285. The molecule has 5 aromatic rings. The summed E-state index contributed by atoms with van der Waals surface area (Å²) in [6, 6.07) is 28.7. The van der Waals surface area contributed by atoms with Gasteiger partial charge in [0.2, 0.25) is 0 Å². The lowest BCUT2D eigenvalue weighted by atomic mass is 10.0. The number of carbonyl (C=O) groups is 1. The van der Waals surface area contributed by atoms with Crippen molar-refractivity contribution in [2.75, 3.05) is 7.11 Å². The summed E-state index contributed by atoms with van der Waals surface area (Å²) in [6.45, 7) is 2.03. The predicted octanol–water partition coefficient (Wildman–Crippen LogP) is 6.70. The lowest BCUT2D eigenvalue weighted by molar-refractivity contribution is 0.0955. The van der Waals surface area contributed by atoms with Crippen LogP contribution in [0.5, 0.6) is 5.75 Å². The molecule has 6 nitrogen and oxygen atoms in total. The van der Waals surface area contributed by atoms with Crippen LogP contribution in [-0.4, -0.2) is 29.2 Å². The molecule has 2 aromatic heterocycles. The number of aromatic nitrogens is 2. The molecule has 182 valence electrons. The van der Waals surface area contributed by atoms with E-state index in [1.54, 1.807) is 19.2 Å². The Balaban J connectivity index is 1.44. The van der Waals surface area contributed by atoms with Gasteiger partial charge in [-0.1, -0.05) is 71.8 Å². The van der Waals surface area contributed by atoms with Crippen LogP contribution in [0.4, 0.5) is 0 Å². The SMILES string of the molecule is COc1ccc2nc(Cl)c(/C=N/NC(=O)c3cc(-c4ccccc4)nc(-c4ccc(C)cc4)c3)cc2c1. The molecule has 1 N–H and O–H groups in total. The van der Waals surface area contributed by atoms with Gasteiger partial charge in [-0.25, -0.2) is 15.4 Å². The lowest BCUT2D eigenvalue weighted by Gasteiger charge is -2.09. The summed E-state index contributed by atoms with van der Waals surface area (Å²) in [4.78, 5) is 22.3. The van der Waals surface area contributed by atoms with Crippen molar-refractivity contribution in [1.82, 2.24) is 15.4 Å². The van der Waals surface area contributed by atoms with Gasteiger partial charge in [0.15, 0.2) is 0 Å². The number of ether oxygens (including phenoxy) is 1. The smallest absolute Gasteiger partial charge is 0.271 e. The maximum Gasteiger partial charge on any atom is 0.271 e. The van der Waals surface area contributed by atoms with E-state index in [2.05, 4.69) is 15.5 Å². The Morgan fingerprint density at radius 3 is 2.30 bits per heavy atom. The number of benzene rings is 3. The number of carbonyl (C=O) groups excluding carboxylic acids is 1. The molecular formula is C30H23ClN4O2. The highest BCUT2D eigenvalue weighted by Gasteiger charge is 2.13. The molecule has 0 spiro atoms. The van der Waals surface area contributed by atoms with E-state index in [9.17, 15) is 4.79 Å². The van der Waals surface area contributed by atoms with E-state index in [-0.39, 0.29) is 11.1 Å². The number of hydrogen-bond donors (Lipinski definition) is 1. The standard InChI is InChI=1S/C30H23ClN4O2/c1-19-8-10-21(11-9-19)28-17-23(16-27(33-28)20-6-4-3-5-7-20)30(36)35-32-18-24-14-22-15-25(37-2)12-13-26(22)34-29(24)31/h3-18H,1-2H3,(H,35,36)/b32-18+. The fourth-order valence-electron chi connectivity index (χ4n) is 3.88. The number of halogens is 1. The van der Waals surface area contributed by atoms with Gasteiger partial charge in [-0.15, -0.1) is 0 Å². The van der Waals surface area contributed by atoms with E-state index >= 15 is 0 Å². The second-order valence-electron chi connectivity index (χ2n) is 8.48. The Labute approximate surface area is 219 Å². The molecule has 0 radical (unpaired) electrons. The number of pyridine rings is 2. The van der Waals surface area contributed by atoms with Crippen molar-refractivity contribution >= 4 is 34.6 Å². The van der Waals surface area contributed by atoms with Crippen molar-refractivity contribution in [2.45, 2.75) is 6.92 Å². The first-order valence-corrected chi connectivity index (χ1v) is 12.0. The number of methoxy groups -OCH3 is 1. The summed E-state index contributed by atoms with van der Waals surface area (Å²) >= 11 is 6.34. The summed E-state index contributed by atoms with van der Waals surface area (Å²) in [5.74, 6) is 0.347. The molecule has 37 heavy (non-hydrogen) atoms. The zero-order valence-electron chi connectivity index (χ0n) is 20.3. The first-order valence-electron chi connectivity index (χ1n) is 11.6. The minimum Gasteiger partial charge on any atom is -0.497 e. The largest absolute Gasteiger partial charge is 0.497 e. The fraction of sp³-hybridized carbons (Fsp3) is 0.0667. The number of nitrogens with zero attached hydrogens (tertiary/aromatic N) is 3. The summed E-state index contributed by atoms with van der Waals surface area (Å²) in [5.41, 5.74) is 8.73. The van der Waals surface area contributed by atoms with E-state index in [0.717, 1.165) is 27.6 Å². The Bertz CT molecular complexity index is 1620. The molecule has 0 atom stereocenters. The van der Waals surface area contributed by atoms with E-state index in [1.807, 2.05) is 85.8 Å². The number of aryl methyl sites for hydroxylation is 1. The zero-order chi connectivity index (χ0) is 25.8. The predicted molar refractivity (Wildman–Crippen MR) is 148 cm³/mol. The number of amides is 1. The van der Waals surface area contributed by atoms with Gasteiger partial charge in [0.25, 0.3) is 5.91 Å². The molecule has 0 aliphatic carbocycles. The third kappa shape index (κ3) is 5.50. The average molecular weight is 507 g/mol. The first-order chi connectivity index (χ1) is 18.0. The van der Waals surface area contributed by atoms with Crippen LogP contribution in [0.25, 0.3) is 33.4 Å². The van der Waals surface area contributed by atoms with Crippen molar-refractivity contribution in [2.24, 2.45) is 5.10 Å². The summed E-state index contributed by atoms with van der Waals surface area (Å²) in [7, 11) is 1.61. The van der Waals surface area contributed by atoms with Gasteiger partial charge in [-0.3, -0.25) is 4.79 Å². The monoisotopic (exact) mass is 506 g/mol. The Hall–Kier alpha value is -4.55. The second kappa shape index (κ2) is 10.6. The Morgan fingerprint density at radius 1 is 0.892 bits per heavy atom. The van der Waals surface area contributed by atoms with Crippen molar-refractivity contribution in [3.05, 3.63) is 113 Å². The van der Waals surface area contributed by atoms with E-state index < -0.39 is 0 Å². The van der Waals surface area contributed by atoms with Gasteiger partial charge < -0.3 is 4.74 Å².